The van der Waals surface area contributed by atoms with E-state index < -0.39 is 10.2 Å². The van der Waals surface area contributed by atoms with Crippen molar-refractivity contribution in [2.45, 2.75) is 106 Å². The lowest BCUT2D eigenvalue weighted by atomic mass is 9.95. The molecule has 12 rings (SSSR count). The standard InChI is InChI=1S/2C18H25N5O.C17H22ClN5.C17H21FN6O3S/c2*1-20-16-12-17(22-18(19)21-16)23-10-6-5-8-14(23)11-13-7-3-4-9-15(13)24-2;1-20-15-11-16(22-17(19)21-15)23-9-5-4-7-13(23)10-12-6-2-3-8-14(12)18;1-20-14-8-15(23-17(19)22-14)24-9-12(10-24)16(25)21-7-6-11-2-4-13(5-3-11)28(18,26)27/h2*3-4,7,9,12,14H,5-6,8,10-11H2,1-2H3,(H3,19,20,21,22);2-3,6,8,11,13H,4-5,7,9-10H2,1H3,(H3,19,20,21,22);2-5,8,12H,6-7,9-10H2,1H3,(H,21,25)(H3,19,20,22,23)/t2*14-;;/m10../s1. The Morgan fingerprint density at radius 1 is 0.515 bits per heavy atom. The number of amides is 1. The molecule has 0 saturated carbocycles. The van der Waals surface area contributed by atoms with Crippen molar-refractivity contribution in [1.29, 1.82) is 0 Å². The zero-order chi connectivity index (χ0) is 70.4. The number of para-hydroxylation sites is 2. The summed E-state index contributed by atoms with van der Waals surface area (Å²) in [4.78, 5) is 55.0. The van der Waals surface area contributed by atoms with Crippen LogP contribution >= 0.6 is 11.6 Å². The number of nitrogens with zero attached hydrogens (tertiary/aromatic N) is 12. The van der Waals surface area contributed by atoms with Crippen molar-refractivity contribution in [2.75, 3.05) is 145 Å². The molecule has 99 heavy (non-hydrogen) atoms. The van der Waals surface area contributed by atoms with Crippen molar-refractivity contribution in [3.63, 3.8) is 0 Å². The molecule has 13 N–H and O–H groups in total. The number of hydrogen-bond acceptors (Lipinski definition) is 25. The van der Waals surface area contributed by atoms with Crippen LogP contribution in [0.15, 0.2) is 126 Å². The van der Waals surface area contributed by atoms with E-state index in [-0.39, 0.29) is 22.7 Å². The Hall–Kier alpha value is -9.96. The van der Waals surface area contributed by atoms with Gasteiger partial charge in [0, 0.05) is 115 Å². The summed E-state index contributed by atoms with van der Waals surface area (Å²) in [5.41, 5.74) is 27.7. The number of halogens is 2. The maximum atomic E-state index is 12.9. The molecule has 29 heteroatoms. The minimum absolute atomic E-state index is 0.0601. The zero-order valence-electron chi connectivity index (χ0n) is 57.2. The number of benzene rings is 4. The highest BCUT2D eigenvalue weighted by Gasteiger charge is 2.34. The summed E-state index contributed by atoms with van der Waals surface area (Å²) in [5, 5.41) is 15.7. The zero-order valence-corrected chi connectivity index (χ0v) is 58.7. The summed E-state index contributed by atoms with van der Waals surface area (Å²) in [6.45, 7) is 4.43. The van der Waals surface area contributed by atoms with Crippen LogP contribution in [-0.2, 0) is 40.7 Å². The molecular formula is C70H93ClFN21O5S. The van der Waals surface area contributed by atoms with Crippen LogP contribution in [0.1, 0.15) is 80.0 Å². The second kappa shape index (κ2) is 35.5. The molecule has 1 unspecified atom stereocenters. The number of ether oxygens (including phenoxy) is 2. The largest absolute Gasteiger partial charge is 0.496 e. The molecule has 0 bridgehead atoms. The number of methoxy groups -OCH3 is 2. The Bertz CT molecular complexity index is 3930. The van der Waals surface area contributed by atoms with Crippen molar-refractivity contribution in [2.24, 2.45) is 5.92 Å². The van der Waals surface area contributed by atoms with Gasteiger partial charge in [0.25, 0.3) is 0 Å². The van der Waals surface area contributed by atoms with Crippen LogP contribution < -0.4 is 78.6 Å². The summed E-state index contributed by atoms with van der Waals surface area (Å²) in [6.07, 6.45) is 13.9. The number of hydrogen-bond donors (Lipinski definition) is 9. The van der Waals surface area contributed by atoms with E-state index >= 15 is 0 Å². The fraction of sp³-hybridized carbons (Fsp3) is 0.414. The Balaban J connectivity index is 0.000000155. The number of carbonyl (C=O) groups excluding carboxylic acids is 1. The molecule has 528 valence electrons. The van der Waals surface area contributed by atoms with Crippen molar-refractivity contribution < 1.29 is 26.6 Å². The molecule has 4 aromatic carbocycles. The molecule has 4 saturated heterocycles. The van der Waals surface area contributed by atoms with E-state index in [2.05, 4.69) is 111 Å². The van der Waals surface area contributed by atoms with Gasteiger partial charge in [0.05, 0.1) is 25.0 Å². The average molecular weight is 1400 g/mol. The van der Waals surface area contributed by atoms with Gasteiger partial charge >= 0.3 is 10.2 Å². The third-order valence-corrected chi connectivity index (χ3v) is 19.1. The Kier molecular flexibility index (Phi) is 26.3. The van der Waals surface area contributed by atoms with Crippen LogP contribution in [0.25, 0.3) is 0 Å². The van der Waals surface area contributed by atoms with Crippen molar-refractivity contribution in [3.05, 3.63) is 149 Å². The summed E-state index contributed by atoms with van der Waals surface area (Å²) < 4.78 is 45.5. The molecule has 0 aliphatic carbocycles. The number of nitrogen functional groups attached to an aromatic ring is 4. The quantitative estimate of drug-likeness (QED) is 0.0302. The van der Waals surface area contributed by atoms with Crippen LogP contribution in [0, 0.1) is 5.92 Å². The predicted octanol–water partition coefficient (Wildman–Crippen LogP) is 9.33. The summed E-state index contributed by atoms with van der Waals surface area (Å²) in [7, 11) is 6.01. The number of aromatic nitrogens is 8. The lowest BCUT2D eigenvalue weighted by molar-refractivity contribution is -0.125. The second-order valence-corrected chi connectivity index (χ2v) is 26.2. The first-order valence-corrected chi connectivity index (χ1v) is 35.2. The van der Waals surface area contributed by atoms with Gasteiger partial charge in [0.1, 0.15) is 58.0 Å². The van der Waals surface area contributed by atoms with Gasteiger partial charge in [-0.25, -0.2) is 0 Å². The van der Waals surface area contributed by atoms with Crippen LogP contribution in [0.5, 0.6) is 11.5 Å². The number of rotatable bonds is 21. The summed E-state index contributed by atoms with van der Waals surface area (Å²) in [6, 6.07) is 38.8. The van der Waals surface area contributed by atoms with Crippen LogP contribution in [-0.4, -0.2) is 154 Å². The molecule has 8 heterocycles. The lowest BCUT2D eigenvalue weighted by Crippen LogP contribution is -2.54. The van der Waals surface area contributed by atoms with E-state index in [1.54, 1.807) is 27.3 Å². The van der Waals surface area contributed by atoms with Gasteiger partial charge in [0.2, 0.25) is 29.7 Å². The minimum atomic E-state index is -4.69. The topological polar surface area (TPSA) is 350 Å². The number of nitrogens with two attached hydrogens (primary N) is 4. The average Bonchev–Trinajstić information content (AvgIpc) is 0.834. The lowest BCUT2D eigenvalue weighted by Gasteiger charge is -2.39. The summed E-state index contributed by atoms with van der Waals surface area (Å²) >= 11 is 6.34. The molecule has 4 aliphatic rings. The number of nitrogens with one attached hydrogen (secondary N) is 5. The Labute approximate surface area is 584 Å². The maximum Gasteiger partial charge on any atom is 0.332 e. The van der Waals surface area contributed by atoms with Gasteiger partial charge in [-0.15, -0.1) is 3.89 Å². The van der Waals surface area contributed by atoms with Crippen molar-refractivity contribution >= 4 is 98.1 Å². The Morgan fingerprint density at radius 2 is 0.879 bits per heavy atom. The molecule has 26 nitrogen and oxygen atoms in total. The van der Waals surface area contributed by atoms with Gasteiger partial charge in [-0.05, 0) is 136 Å². The van der Waals surface area contributed by atoms with E-state index in [4.69, 9.17) is 44.0 Å². The predicted molar refractivity (Wildman–Crippen MR) is 395 cm³/mol. The molecule has 1 amide bonds. The fourth-order valence-electron chi connectivity index (χ4n) is 12.8. The third kappa shape index (κ3) is 20.6. The minimum Gasteiger partial charge on any atom is -0.496 e. The maximum absolute atomic E-state index is 12.9. The molecule has 0 radical (unpaired) electrons. The van der Waals surface area contributed by atoms with Gasteiger partial charge in [-0.2, -0.15) is 48.3 Å². The first kappa shape index (κ1) is 73.3. The van der Waals surface area contributed by atoms with Gasteiger partial charge in [0.15, 0.2) is 0 Å². The van der Waals surface area contributed by atoms with E-state index in [1.165, 1.54) is 73.1 Å². The smallest absolute Gasteiger partial charge is 0.332 e. The molecule has 4 aromatic heterocycles. The number of carbonyl (C=O) groups is 1. The highest BCUT2D eigenvalue weighted by Crippen LogP contribution is 2.34. The molecule has 8 aromatic rings. The van der Waals surface area contributed by atoms with E-state index in [0.717, 1.165) is 122 Å². The van der Waals surface area contributed by atoms with Gasteiger partial charge in [-0.3, -0.25) is 4.79 Å². The summed E-state index contributed by atoms with van der Waals surface area (Å²) in [5.74, 6) is 8.97. The highest BCUT2D eigenvalue weighted by atomic mass is 35.5. The molecule has 0 spiro atoms. The SMILES string of the molecule is CNc1cc(N2CC(C(=O)NCCc3ccc(S(=O)(=O)F)cc3)C2)nc(N)n1.CNc1cc(N2CCCCC2Cc2ccccc2Cl)nc(N)n1.CNc1cc(N2CCCC[C@@H]2Cc2ccccc2OC)nc(N)n1.CNc1cc(N2CCCC[C@H]2Cc2ccccc2OC)nc(N)n1. The first-order chi connectivity index (χ1) is 47.8. The van der Waals surface area contributed by atoms with Crippen LogP contribution in [0.4, 0.5) is 74.2 Å². The van der Waals surface area contributed by atoms with E-state index in [1.807, 2.05) is 86.7 Å². The van der Waals surface area contributed by atoms with Crippen molar-refractivity contribution in [1.82, 2.24) is 45.2 Å². The van der Waals surface area contributed by atoms with Crippen LogP contribution in [0.3, 0.4) is 0 Å². The molecule has 4 fully saturated rings. The van der Waals surface area contributed by atoms with Gasteiger partial charge in [-0.1, -0.05) is 78.3 Å². The highest BCUT2D eigenvalue weighted by molar-refractivity contribution is 7.86. The monoisotopic (exact) mass is 1390 g/mol. The molecule has 4 aliphatic heterocycles. The van der Waals surface area contributed by atoms with Gasteiger partial charge < -0.3 is 78.6 Å². The van der Waals surface area contributed by atoms with Crippen molar-refractivity contribution in [3.8, 4) is 11.5 Å². The fourth-order valence-corrected chi connectivity index (χ4v) is 13.4. The first-order valence-electron chi connectivity index (χ1n) is 33.5. The Morgan fingerprint density at radius 3 is 1.26 bits per heavy atom. The number of anilines is 12. The number of piperidine rings is 3. The van der Waals surface area contributed by atoms with Crippen LogP contribution in [0.2, 0.25) is 5.02 Å². The second-order valence-electron chi connectivity index (χ2n) is 24.5. The van der Waals surface area contributed by atoms with E-state index in [9.17, 15) is 17.1 Å². The third-order valence-electron chi connectivity index (χ3n) is 17.9. The normalized spacial score (nSPS) is 16.8. The molecular weight excluding hydrogens is 1300 g/mol. The van der Waals surface area contributed by atoms with E-state index in [0.29, 0.717) is 73.7 Å². The molecule has 3 atom stereocenters.